The van der Waals surface area contributed by atoms with Crippen LogP contribution in [-0.2, 0) is 0 Å². The van der Waals surface area contributed by atoms with Gasteiger partial charge in [0.25, 0.3) is 0 Å². The first-order valence-electron chi connectivity index (χ1n) is 8.60. The Hall–Kier alpha value is -2.76. The van der Waals surface area contributed by atoms with E-state index >= 15 is 0 Å². The SMILES string of the molecule is CN(C)C(=Nc1cccc2cccc(N=C(N(C)C)N(C)C)c12)N(C)C. The minimum Gasteiger partial charge on any atom is -0.349 e. The third kappa shape index (κ3) is 4.25. The lowest BCUT2D eigenvalue weighted by Crippen LogP contribution is -2.35. The molecule has 26 heavy (non-hydrogen) atoms. The second-order valence-electron chi connectivity index (χ2n) is 7.05. The number of hydrogen-bond donors (Lipinski definition) is 0. The zero-order valence-electron chi connectivity index (χ0n) is 17.1. The molecule has 0 atom stereocenters. The van der Waals surface area contributed by atoms with Crippen LogP contribution in [0.5, 0.6) is 0 Å². The Balaban J connectivity index is 2.75. The van der Waals surface area contributed by atoms with E-state index in [1.54, 1.807) is 0 Å². The molecule has 0 bridgehead atoms. The van der Waals surface area contributed by atoms with Gasteiger partial charge in [0.2, 0.25) is 11.9 Å². The predicted molar refractivity (Wildman–Crippen MR) is 113 cm³/mol. The molecular weight excluding hydrogens is 324 g/mol. The first-order chi connectivity index (χ1) is 12.2. The maximum atomic E-state index is 4.92. The van der Waals surface area contributed by atoms with E-state index in [1.165, 1.54) is 0 Å². The van der Waals surface area contributed by atoms with E-state index in [0.717, 1.165) is 34.1 Å². The molecule has 0 aliphatic rings. The van der Waals surface area contributed by atoms with E-state index in [9.17, 15) is 0 Å². The van der Waals surface area contributed by atoms with Crippen molar-refractivity contribution >= 4 is 34.1 Å². The van der Waals surface area contributed by atoms with E-state index < -0.39 is 0 Å². The summed E-state index contributed by atoms with van der Waals surface area (Å²) in [5, 5.41) is 2.18. The molecule has 2 aromatic carbocycles. The van der Waals surface area contributed by atoms with Crippen LogP contribution in [0, 0.1) is 0 Å². The number of rotatable bonds is 2. The number of nitrogens with zero attached hydrogens (tertiary/aromatic N) is 6. The highest BCUT2D eigenvalue weighted by atomic mass is 15.3. The first kappa shape index (κ1) is 19.6. The predicted octanol–water partition coefficient (Wildman–Crippen LogP) is 3.06. The summed E-state index contributed by atoms with van der Waals surface area (Å²) in [4.78, 5) is 17.9. The molecule has 0 aromatic heterocycles. The van der Waals surface area contributed by atoms with E-state index in [0.29, 0.717) is 0 Å². The number of guanidine groups is 2. The molecule has 6 nitrogen and oxygen atoms in total. The molecular formula is C20H30N6. The van der Waals surface area contributed by atoms with Crippen LogP contribution < -0.4 is 0 Å². The molecule has 6 heteroatoms. The molecule has 0 amide bonds. The molecule has 2 aromatic rings. The third-order valence-electron chi connectivity index (χ3n) is 3.90. The standard InChI is InChI=1S/C20H30N6/c1-23(2)19(24(3)4)21-16-13-9-11-15-12-10-14-17(18(15)16)22-20(25(5)6)26(7)8/h9-14H,1-8H3. The molecule has 140 valence electrons. The lowest BCUT2D eigenvalue weighted by atomic mass is 10.1. The van der Waals surface area contributed by atoms with Gasteiger partial charge in [0.1, 0.15) is 0 Å². The molecule has 0 unspecified atom stereocenters. The highest BCUT2D eigenvalue weighted by molar-refractivity contribution is 6.04. The summed E-state index contributed by atoms with van der Waals surface area (Å²) in [6.07, 6.45) is 0. The van der Waals surface area contributed by atoms with Crippen LogP contribution >= 0.6 is 0 Å². The van der Waals surface area contributed by atoms with Crippen LogP contribution in [0.3, 0.4) is 0 Å². The van der Waals surface area contributed by atoms with Crippen molar-refractivity contribution in [1.29, 1.82) is 0 Å². The topological polar surface area (TPSA) is 37.7 Å². The lowest BCUT2D eigenvalue weighted by molar-refractivity contribution is 0.484. The van der Waals surface area contributed by atoms with Gasteiger partial charge in [-0.3, -0.25) is 0 Å². The molecule has 0 heterocycles. The van der Waals surface area contributed by atoms with Crippen molar-refractivity contribution in [3.8, 4) is 0 Å². The largest absolute Gasteiger partial charge is 0.349 e. The van der Waals surface area contributed by atoms with Gasteiger partial charge in [0.15, 0.2) is 0 Å². The lowest BCUT2D eigenvalue weighted by Gasteiger charge is -2.24. The van der Waals surface area contributed by atoms with Gasteiger partial charge in [-0.25, -0.2) is 9.98 Å². The smallest absolute Gasteiger partial charge is 0.200 e. The highest BCUT2D eigenvalue weighted by Crippen LogP contribution is 2.35. The van der Waals surface area contributed by atoms with E-state index in [2.05, 4.69) is 12.1 Å². The van der Waals surface area contributed by atoms with Gasteiger partial charge in [-0.15, -0.1) is 0 Å². The number of aliphatic imine (C=N–C) groups is 2. The Morgan fingerprint density at radius 1 is 0.577 bits per heavy atom. The van der Waals surface area contributed by atoms with Gasteiger partial charge in [0, 0.05) is 61.8 Å². The minimum absolute atomic E-state index is 0.886. The van der Waals surface area contributed by atoms with Crippen molar-refractivity contribution in [3.63, 3.8) is 0 Å². The van der Waals surface area contributed by atoms with Gasteiger partial charge in [-0.05, 0) is 17.5 Å². The molecule has 0 aliphatic carbocycles. The fraction of sp³-hybridized carbons (Fsp3) is 0.400. The number of hydrogen-bond acceptors (Lipinski definition) is 2. The summed E-state index contributed by atoms with van der Waals surface area (Å²) in [5.74, 6) is 1.77. The van der Waals surface area contributed by atoms with Gasteiger partial charge >= 0.3 is 0 Å². The molecule has 0 fully saturated rings. The molecule has 2 rings (SSSR count). The monoisotopic (exact) mass is 354 g/mol. The number of benzene rings is 2. The Bertz CT molecular complexity index is 733. The Morgan fingerprint density at radius 3 is 1.23 bits per heavy atom. The maximum absolute atomic E-state index is 4.92. The van der Waals surface area contributed by atoms with Crippen LogP contribution in [0.25, 0.3) is 10.8 Å². The van der Waals surface area contributed by atoms with Gasteiger partial charge in [-0.1, -0.05) is 24.3 Å². The van der Waals surface area contributed by atoms with Gasteiger partial charge in [-0.2, -0.15) is 0 Å². The van der Waals surface area contributed by atoms with Crippen LogP contribution in [-0.4, -0.2) is 87.9 Å². The molecule has 0 saturated heterocycles. The summed E-state index contributed by atoms with van der Waals surface area (Å²) in [6.45, 7) is 0. The summed E-state index contributed by atoms with van der Waals surface area (Å²) < 4.78 is 0. The summed E-state index contributed by atoms with van der Waals surface area (Å²) in [5.41, 5.74) is 1.83. The van der Waals surface area contributed by atoms with Crippen LogP contribution in [0.4, 0.5) is 11.4 Å². The normalized spacial score (nSPS) is 10.3. The van der Waals surface area contributed by atoms with Crippen molar-refractivity contribution in [2.45, 2.75) is 0 Å². The fourth-order valence-electron chi connectivity index (χ4n) is 2.90. The van der Waals surface area contributed by atoms with Gasteiger partial charge in [0.05, 0.1) is 11.4 Å². The third-order valence-corrected chi connectivity index (χ3v) is 3.90. The minimum atomic E-state index is 0.886. The first-order valence-corrected chi connectivity index (χ1v) is 8.60. The average molecular weight is 355 g/mol. The molecule has 0 radical (unpaired) electrons. The van der Waals surface area contributed by atoms with Crippen molar-refractivity contribution in [2.75, 3.05) is 56.4 Å². The highest BCUT2D eigenvalue weighted by Gasteiger charge is 2.12. The zero-order valence-corrected chi connectivity index (χ0v) is 17.1. The Morgan fingerprint density at radius 2 is 0.923 bits per heavy atom. The quantitative estimate of drug-likeness (QED) is 0.614. The average Bonchev–Trinajstić information content (AvgIpc) is 2.56. The second kappa shape index (κ2) is 8.08. The van der Waals surface area contributed by atoms with Crippen molar-refractivity contribution in [1.82, 2.24) is 19.6 Å². The van der Waals surface area contributed by atoms with E-state index in [1.807, 2.05) is 100 Å². The van der Waals surface area contributed by atoms with E-state index in [-0.39, 0.29) is 0 Å². The molecule has 0 aliphatic heterocycles. The Labute approximate surface area is 157 Å². The summed E-state index contributed by atoms with van der Waals surface area (Å²) in [7, 11) is 16.0. The second-order valence-corrected chi connectivity index (χ2v) is 7.05. The van der Waals surface area contributed by atoms with Gasteiger partial charge < -0.3 is 19.6 Å². The van der Waals surface area contributed by atoms with Crippen molar-refractivity contribution < 1.29 is 0 Å². The molecule has 0 spiro atoms. The molecule has 0 saturated carbocycles. The van der Waals surface area contributed by atoms with Crippen LogP contribution in [0.1, 0.15) is 0 Å². The van der Waals surface area contributed by atoms with Crippen molar-refractivity contribution in [2.24, 2.45) is 9.98 Å². The summed E-state index contributed by atoms with van der Waals surface area (Å²) >= 11 is 0. The van der Waals surface area contributed by atoms with Crippen molar-refractivity contribution in [3.05, 3.63) is 36.4 Å². The Kier molecular flexibility index (Phi) is 6.08. The fourth-order valence-corrected chi connectivity index (χ4v) is 2.90. The summed E-state index contributed by atoms with van der Waals surface area (Å²) in [6, 6.07) is 12.4. The maximum Gasteiger partial charge on any atom is 0.200 e. The molecule has 0 N–H and O–H groups in total. The van der Waals surface area contributed by atoms with Crippen LogP contribution in [0.2, 0.25) is 0 Å². The number of fused-ring (bicyclic) bond motifs is 1. The van der Waals surface area contributed by atoms with E-state index in [4.69, 9.17) is 9.98 Å². The van der Waals surface area contributed by atoms with Crippen LogP contribution in [0.15, 0.2) is 46.4 Å². The zero-order chi connectivity index (χ0) is 19.4.